The second kappa shape index (κ2) is 54.5. The van der Waals surface area contributed by atoms with Crippen LogP contribution in [0.4, 0.5) is 0 Å². The van der Waals surface area contributed by atoms with Gasteiger partial charge in [-0.05, 0) is 102 Å². The lowest BCUT2D eigenvalue weighted by Gasteiger charge is -2.27. The summed E-state index contributed by atoms with van der Waals surface area (Å²) < 4.78 is 30.7. The highest BCUT2D eigenvalue weighted by Crippen LogP contribution is 2.43. The van der Waals surface area contributed by atoms with Gasteiger partial charge in [-0.1, -0.05) is 235 Å². The number of carbonyl (C=O) groups is 2. The molecule has 3 unspecified atom stereocenters. The molecule has 0 fully saturated rings. The van der Waals surface area contributed by atoms with Gasteiger partial charge in [0, 0.05) is 12.8 Å². The molecule has 0 saturated carbocycles. The number of phosphoric acid groups is 1. The van der Waals surface area contributed by atoms with E-state index < -0.39 is 20.0 Å². The predicted molar refractivity (Wildman–Crippen MR) is 323 cm³/mol. The Morgan fingerprint density at radius 1 is 0.480 bits per heavy atom. The summed E-state index contributed by atoms with van der Waals surface area (Å²) in [5.41, 5.74) is 0. The molecule has 0 aromatic heterocycles. The zero-order valence-corrected chi connectivity index (χ0v) is 50.4. The Morgan fingerprint density at radius 3 is 1.31 bits per heavy atom. The van der Waals surface area contributed by atoms with E-state index in [4.69, 9.17) is 13.8 Å². The van der Waals surface area contributed by atoms with Gasteiger partial charge in [-0.3, -0.25) is 18.6 Å². The number of allylic oxidation sites excluding steroid dienone is 13. The Balaban J connectivity index is 5.25. The first-order chi connectivity index (χ1) is 36.4. The molecule has 10 heteroatoms. The summed E-state index contributed by atoms with van der Waals surface area (Å²) in [6.45, 7) is 6.87. The van der Waals surface area contributed by atoms with Crippen LogP contribution in [0.1, 0.15) is 265 Å². The number of likely N-dealkylation sites (N-methyl/N-ethyl adjacent to an activating group) is 1. The molecular formula is C65H118N2O7P+. The minimum atomic E-state index is -4.46. The molecule has 0 aliphatic rings. The highest BCUT2D eigenvalue weighted by atomic mass is 31.2. The average molecular weight is 1070 g/mol. The number of rotatable bonds is 55. The lowest BCUT2D eigenvalue weighted by atomic mass is 10.0. The van der Waals surface area contributed by atoms with Crippen molar-refractivity contribution in [1.29, 1.82) is 0 Å². The van der Waals surface area contributed by atoms with Crippen LogP contribution in [0, 0.1) is 0 Å². The van der Waals surface area contributed by atoms with Gasteiger partial charge in [0.1, 0.15) is 19.3 Å². The third kappa shape index (κ3) is 55.7. The fraction of sp³-hybridized carbons (Fsp3) is 0.754. The summed E-state index contributed by atoms with van der Waals surface area (Å²) in [7, 11) is 1.47. The molecule has 0 aromatic carbocycles. The van der Waals surface area contributed by atoms with Crippen LogP contribution in [0.5, 0.6) is 0 Å². The molecule has 0 bridgehead atoms. The lowest BCUT2D eigenvalue weighted by molar-refractivity contribution is -0.870. The average Bonchev–Trinajstić information content (AvgIpc) is 3.37. The van der Waals surface area contributed by atoms with Crippen LogP contribution in [0.3, 0.4) is 0 Å². The third-order valence-corrected chi connectivity index (χ3v) is 14.3. The minimum absolute atomic E-state index is 0.0325. The van der Waals surface area contributed by atoms with Gasteiger partial charge in [0.05, 0.1) is 33.8 Å². The quantitative estimate of drug-likeness (QED) is 0.0205. The molecule has 0 radical (unpaired) electrons. The molecular weight excluding hydrogens is 952 g/mol. The maximum Gasteiger partial charge on any atom is 0.472 e. The van der Waals surface area contributed by atoms with Crippen molar-refractivity contribution < 1.29 is 37.3 Å². The largest absolute Gasteiger partial charge is 0.472 e. The standard InChI is InChI=1S/C65H117N2O7P/c1-7-10-13-16-19-22-25-28-30-31-32-33-34-35-36-37-38-39-42-45-48-51-54-57-64(68)66-62(61-73-75(70,71)72-60-59-67(4,5)6)63(56-53-50-47-44-41-27-24-21-18-15-12-9-3)74-65(69)58-55-52-49-46-43-40-29-26-23-20-17-14-11-8-2/h10,13,19,22,28,30,32-33,35-36,40,43,53,56,62-63H,7-9,11-12,14-18,20-21,23-27,29,31,34,37-39,41-42,44-52,54-55,57-61H2,1-6H3,(H-,66,68,70,71)/p+1/b13-10-,22-19-,30-28-,33-32-,36-35-,43-40-,56-53-. The Labute approximate surface area is 463 Å². The van der Waals surface area contributed by atoms with Crippen molar-refractivity contribution in [2.45, 2.75) is 277 Å². The van der Waals surface area contributed by atoms with Crippen LogP contribution >= 0.6 is 7.82 Å². The first kappa shape index (κ1) is 72.2. The summed E-state index contributed by atoms with van der Waals surface area (Å²) in [4.78, 5) is 37.7. The van der Waals surface area contributed by atoms with E-state index in [2.05, 4.69) is 99.0 Å². The second-order valence-electron chi connectivity index (χ2n) is 21.8. The molecule has 0 spiro atoms. The lowest BCUT2D eigenvalue weighted by Crippen LogP contribution is -2.47. The Morgan fingerprint density at radius 2 is 0.853 bits per heavy atom. The van der Waals surface area contributed by atoms with E-state index in [-0.39, 0.29) is 31.5 Å². The van der Waals surface area contributed by atoms with E-state index in [1.807, 2.05) is 33.3 Å². The van der Waals surface area contributed by atoms with E-state index >= 15 is 0 Å². The highest BCUT2D eigenvalue weighted by molar-refractivity contribution is 7.47. The molecule has 0 aromatic rings. The molecule has 0 heterocycles. The van der Waals surface area contributed by atoms with E-state index in [9.17, 15) is 19.0 Å². The van der Waals surface area contributed by atoms with Crippen molar-refractivity contribution in [3.63, 3.8) is 0 Å². The van der Waals surface area contributed by atoms with Crippen LogP contribution in [0.25, 0.3) is 0 Å². The van der Waals surface area contributed by atoms with Gasteiger partial charge in [-0.25, -0.2) is 4.57 Å². The number of amides is 1. The number of unbranched alkanes of at least 4 members (excludes halogenated alkanes) is 27. The molecule has 1 amide bonds. The number of carbonyl (C=O) groups excluding carboxylic acids is 2. The third-order valence-electron chi connectivity index (χ3n) is 13.3. The number of hydrogen-bond acceptors (Lipinski definition) is 6. The van der Waals surface area contributed by atoms with Crippen LogP contribution in [0.15, 0.2) is 85.1 Å². The van der Waals surface area contributed by atoms with Crippen molar-refractivity contribution in [3.8, 4) is 0 Å². The maximum absolute atomic E-state index is 13.5. The Bertz CT molecular complexity index is 1560. The summed E-state index contributed by atoms with van der Waals surface area (Å²) >= 11 is 0. The maximum atomic E-state index is 13.5. The van der Waals surface area contributed by atoms with Gasteiger partial charge in [0.2, 0.25) is 5.91 Å². The van der Waals surface area contributed by atoms with Gasteiger partial charge in [0.25, 0.3) is 0 Å². The fourth-order valence-corrected chi connectivity index (χ4v) is 9.29. The summed E-state index contributed by atoms with van der Waals surface area (Å²) in [6, 6.07) is -0.864. The van der Waals surface area contributed by atoms with E-state index in [0.29, 0.717) is 23.9 Å². The van der Waals surface area contributed by atoms with Gasteiger partial charge in [-0.2, -0.15) is 0 Å². The SMILES string of the molecule is CC/C=C\C/C=C\C/C=C\C/C=C\C/C=C\CCCCCCCCCC(=O)NC(COP(=O)(O)OCC[N+](C)(C)C)C(/C=C\CCCCCCCCCCCC)OC(=O)CCCCC/C=C\CCCCCCCCC. The Hall–Kier alpha value is -2.81. The van der Waals surface area contributed by atoms with Crippen LogP contribution in [0.2, 0.25) is 0 Å². The monoisotopic (exact) mass is 1070 g/mol. The van der Waals surface area contributed by atoms with E-state index in [1.165, 1.54) is 116 Å². The number of nitrogens with one attached hydrogen (secondary N) is 1. The molecule has 0 saturated heterocycles. The molecule has 75 heavy (non-hydrogen) atoms. The van der Waals surface area contributed by atoms with Crippen molar-refractivity contribution >= 4 is 19.7 Å². The first-order valence-electron chi connectivity index (χ1n) is 30.9. The molecule has 2 N–H and O–H groups in total. The molecule has 0 aliphatic heterocycles. The minimum Gasteiger partial charge on any atom is -0.456 e. The smallest absolute Gasteiger partial charge is 0.456 e. The number of ether oxygens (including phenoxy) is 1. The van der Waals surface area contributed by atoms with Crippen molar-refractivity contribution in [3.05, 3.63) is 85.1 Å². The molecule has 3 atom stereocenters. The number of hydrogen-bond donors (Lipinski definition) is 2. The van der Waals surface area contributed by atoms with Gasteiger partial charge in [0.15, 0.2) is 0 Å². The highest BCUT2D eigenvalue weighted by Gasteiger charge is 2.30. The number of phosphoric ester groups is 1. The predicted octanol–water partition coefficient (Wildman–Crippen LogP) is 19.0. The van der Waals surface area contributed by atoms with Crippen molar-refractivity contribution in [1.82, 2.24) is 5.32 Å². The molecule has 9 nitrogen and oxygen atoms in total. The van der Waals surface area contributed by atoms with E-state index in [1.54, 1.807) is 0 Å². The summed E-state index contributed by atoms with van der Waals surface area (Å²) in [5.74, 6) is -0.537. The van der Waals surface area contributed by atoms with Crippen LogP contribution in [-0.4, -0.2) is 74.3 Å². The van der Waals surface area contributed by atoms with E-state index in [0.717, 1.165) is 109 Å². The molecule has 0 aliphatic carbocycles. The number of quaternary nitrogens is 1. The van der Waals surface area contributed by atoms with Crippen molar-refractivity contribution in [2.24, 2.45) is 0 Å². The topological polar surface area (TPSA) is 111 Å². The number of nitrogens with zero attached hydrogens (tertiary/aromatic N) is 1. The van der Waals surface area contributed by atoms with Gasteiger partial charge < -0.3 is 19.4 Å². The summed E-state index contributed by atoms with van der Waals surface area (Å²) in [6.07, 6.45) is 71.5. The second-order valence-corrected chi connectivity index (χ2v) is 23.3. The van der Waals surface area contributed by atoms with Gasteiger partial charge >= 0.3 is 13.8 Å². The van der Waals surface area contributed by atoms with Crippen molar-refractivity contribution in [2.75, 3.05) is 40.9 Å². The van der Waals surface area contributed by atoms with Crippen LogP contribution < -0.4 is 5.32 Å². The van der Waals surface area contributed by atoms with Gasteiger partial charge in [-0.15, -0.1) is 0 Å². The zero-order chi connectivity index (χ0) is 55.0. The zero-order valence-electron chi connectivity index (χ0n) is 49.5. The molecule has 434 valence electrons. The first-order valence-corrected chi connectivity index (χ1v) is 32.4. The molecule has 0 rings (SSSR count). The number of esters is 1. The summed E-state index contributed by atoms with van der Waals surface area (Å²) in [5, 5.41) is 3.05. The Kier molecular flexibility index (Phi) is 52.5. The fourth-order valence-electron chi connectivity index (χ4n) is 8.55. The normalized spacial score (nSPS) is 14.3. The van der Waals surface area contributed by atoms with Crippen LogP contribution in [-0.2, 0) is 27.9 Å².